The van der Waals surface area contributed by atoms with Gasteiger partial charge in [-0.25, -0.2) is 0 Å². The van der Waals surface area contributed by atoms with E-state index in [0.717, 1.165) is 22.2 Å². The molecule has 4 nitrogen and oxygen atoms in total. The molecule has 15 heavy (non-hydrogen) atoms. The maximum Gasteiger partial charge on any atom is 0.250 e. The fourth-order valence-electron chi connectivity index (χ4n) is 1.83. The third-order valence-corrected chi connectivity index (χ3v) is 2.75. The number of benzene rings is 1. The number of aryl methyl sites for hydroxylation is 2. The van der Waals surface area contributed by atoms with Crippen molar-refractivity contribution in [2.75, 3.05) is 5.73 Å². The molecule has 0 bridgehead atoms. The van der Waals surface area contributed by atoms with Gasteiger partial charge in [0.2, 0.25) is 0 Å². The van der Waals surface area contributed by atoms with E-state index in [1.54, 1.807) is 12.1 Å². The van der Waals surface area contributed by atoms with Gasteiger partial charge in [0.1, 0.15) is 0 Å². The summed E-state index contributed by atoms with van der Waals surface area (Å²) in [6.07, 6.45) is 0. The van der Waals surface area contributed by atoms with Crippen LogP contribution in [0.3, 0.4) is 0 Å². The average molecular weight is 203 g/mol. The first-order valence-corrected chi connectivity index (χ1v) is 4.69. The van der Waals surface area contributed by atoms with E-state index in [1.165, 1.54) is 0 Å². The topological polar surface area (TPSA) is 84.9 Å². The Morgan fingerprint density at radius 1 is 1.33 bits per heavy atom. The molecule has 78 valence electrons. The van der Waals surface area contributed by atoms with Gasteiger partial charge >= 0.3 is 0 Å². The van der Waals surface area contributed by atoms with Crippen molar-refractivity contribution in [3.8, 4) is 0 Å². The minimum Gasteiger partial charge on any atom is -0.398 e. The lowest BCUT2D eigenvalue weighted by Crippen LogP contribution is -2.11. The van der Waals surface area contributed by atoms with Crippen LogP contribution in [0.5, 0.6) is 0 Å². The van der Waals surface area contributed by atoms with Crippen LogP contribution < -0.4 is 11.5 Å². The number of anilines is 1. The number of carbonyl (C=O) groups is 1. The lowest BCUT2D eigenvalue weighted by molar-refractivity contribution is 0.100. The Hall–Kier alpha value is -1.97. The molecule has 0 aliphatic heterocycles. The summed E-state index contributed by atoms with van der Waals surface area (Å²) in [4.78, 5) is 14.3. The zero-order chi connectivity index (χ0) is 11.2. The maximum absolute atomic E-state index is 11.2. The van der Waals surface area contributed by atoms with Gasteiger partial charge in [-0.2, -0.15) is 0 Å². The number of hydrogen-bond acceptors (Lipinski definition) is 2. The number of primary amides is 1. The van der Waals surface area contributed by atoms with Crippen molar-refractivity contribution in [1.29, 1.82) is 0 Å². The van der Waals surface area contributed by atoms with Crippen molar-refractivity contribution in [2.24, 2.45) is 5.73 Å². The first-order chi connectivity index (χ1) is 7.02. The Balaban J connectivity index is 2.95. The number of aromatic amines is 1. The van der Waals surface area contributed by atoms with Gasteiger partial charge in [-0.1, -0.05) is 0 Å². The molecule has 0 saturated heterocycles. The number of hydrogen-bond donors (Lipinski definition) is 3. The summed E-state index contributed by atoms with van der Waals surface area (Å²) in [5.74, 6) is -0.443. The van der Waals surface area contributed by atoms with Crippen LogP contribution in [-0.4, -0.2) is 10.9 Å². The third kappa shape index (κ3) is 1.26. The molecule has 0 fully saturated rings. The van der Waals surface area contributed by atoms with E-state index in [4.69, 9.17) is 11.5 Å². The molecular weight excluding hydrogens is 190 g/mol. The predicted octanol–water partition coefficient (Wildman–Crippen LogP) is 1.47. The van der Waals surface area contributed by atoms with E-state index in [1.807, 2.05) is 13.8 Å². The van der Waals surface area contributed by atoms with Crippen molar-refractivity contribution < 1.29 is 4.79 Å². The van der Waals surface area contributed by atoms with Gasteiger partial charge in [0.05, 0.1) is 11.1 Å². The number of nitrogens with two attached hydrogens (primary N) is 2. The van der Waals surface area contributed by atoms with E-state index >= 15 is 0 Å². The molecule has 5 N–H and O–H groups in total. The van der Waals surface area contributed by atoms with Gasteiger partial charge in [0, 0.05) is 16.8 Å². The van der Waals surface area contributed by atoms with Crippen molar-refractivity contribution in [3.05, 3.63) is 29.0 Å². The summed E-state index contributed by atoms with van der Waals surface area (Å²) in [6, 6.07) is 3.36. The van der Waals surface area contributed by atoms with Gasteiger partial charge in [0.15, 0.2) is 0 Å². The summed E-state index contributed by atoms with van der Waals surface area (Å²) in [5.41, 5.74) is 15.1. The van der Waals surface area contributed by atoms with E-state index in [-0.39, 0.29) is 0 Å². The fraction of sp³-hybridized carbons (Fsp3) is 0.182. The summed E-state index contributed by atoms with van der Waals surface area (Å²) in [6.45, 7) is 3.91. The van der Waals surface area contributed by atoms with Crippen molar-refractivity contribution in [2.45, 2.75) is 13.8 Å². The Bertz CT molecular complexity index is 554. The fourth-order valence-corrected chi connectivity index (χ4v) is 1.83. The monoisotopic (exact) mass is 203 g/mol. The smallest absolute Gasteiger partial charge is 0.250 e. The molecule has 0 saturated carbocycles. The number of nitrogens with one attached hydrogen (secondary N) is 1. The van der Waals surface area contributed by atoms with Crippen LogP contribution in [0.4, 0.5) is 5.69 Å². The zero-order valence-corrected chi connectivity index (χ0v) is 8.72. The van der Waals surface area contributed by atoms with Crippen molar-refractivity contribution in [3.63, 3.8) is 0 Å². The quantitative estimate of drug-likeness (QED) is 0.613. The third-order valence-electron chi connectivity index (χ3n) is 2.75. The molecule has 1 heterocycles. The average Bonchev–Trinajstić information content (AvgIpc) is 2.44. The Morgan fingerprint density at radius 3 is 2.60 bits per heavy atom. The highest BCUT2D eigenvalue weighted by Crippen LogP contribution is 2.29. The summed E-state index contributed by atoms with van der Waals surface area (Å²) in [5, 5.41) is 0.892. The van der Waals surface area contributed by atoms with E-state index in [9.17, 15) is 4.79 Å². The van der Waals surface area contributed by atoms with Gasteiger partial charge < -0.3 is 16.5 Å². The number of carbonyl (C=O) groups excluding carboxylic acids is 1. The van der Waals surface area contributed by atoms with E-state index < -0.39 is 5.91 Å². The Kier molecular flexibility index (Phi) is 1.93. The van der Waals surface area contributed by atoms with Crippen LogP contribution in [0.15, 0.2) is 12.1 Å². The SMILES string of the molecule is Cc1[nH]c2c(C(N)=O)ccc(N)c2c1C. The van der Waals surface area contributed by atoms with Crippen molar-refractivity contribution in [1.82, 2.24) is 4.98 Å². The highest BCUT2D eigenvalue weighted by molar-refractivity contribution is 6.09. The van der Waals surface area contributed by atoms with Crippen LogP contribution in [0, 0.1) is 13.8 Å². The molecule has 4 heteroatoms. The van der Waals surface area contributed by atoms with Gasteiger partial charge in [-0.05, 0) is 31.5 Å². The first-order valence-electron chi connectivity index (χ1n) is 4.69. The lowest BCUT2D eigenvalue weighted by Gasteiger charge is -2.01. The predicted molar refractivity (Wildman–Crippen MR) is 60.7 cm³/mol. The Morgan fingerprint density at radius 2 is 2.00 bits per heavy atom. The molecular formula is C11H13N3O. The molecule has 2 rings (SSSR count). The highest BCUT2D eigenvalue weighted by Gasteiger charge is 2.13. The first kappa shape index (κ1) is 9.58. The Labute approximate surface area is 87.3 Å². The maximum atomic E-state index is 11.2. The lowest BCUT2D eigenvalue weighted by atomic mass is 10.1. The molecule has 1 amide bonds. The highest BCUT2D eigenvalue weighted by atomic mass is 16.1. The number of aromatic nitrogens is 1. The van der Waals surface area contributed by atoms with Gasteiger partial charge in [-0.15, -0.1) is 0 Å². The standard InChI is InChI=1S/C11H13N3O/c1-5-6(2)14-10-7(11(13)15)3-4-8(12)9(5)10/h3-4,14H,12H2,1-2H3,(H2,13,15). The van der Waals surface area contributed by atoms with Gasteiger partial charge in [-0.3, -0.25) is 4.79 Å². The normalized spacial score (nSPS) is 10.8. The summed E-state index contributed by atoms with van der Waals surface area (Å²) >= 11 is 0. The molecule has 0 aliphatic rings. The molecule has 0 spiro atoms. The van der Waals surface area contributed by atoms with Gasteiger partial charge in [0.25, 0.3) is 5.91 Å². The molecule has 0 atom stereocenters. The number of rotatable bonds is 1. The van der Waals surface area contributed by atoms with Crippen molar-refractivity contribution >= 4 is 22.5 Å². The van der Waals surface area contributed by atoms with Crippen LogP contribution in [0.1, 0.15) is 21.6 Å². The van der Waals surface area contributed by atoms with Crippen LogP contribution in [-0.2, 0) is 0 Å². The van der Waals surface area contributed by atoms with E-state index in [2.05, 4.69) is 4.98 Å². The molecule has 1 aromatic heterocycles. The molecule has 0 aliphatic carbocycles. The minimum atomic E-state index is -0.443. The number of amides is 1. The largest absolute Gasteiger partial charge is 0.398 e. The second kappa shape index (κ2) is 3.02. The van der Waals surface area contributed by atoms with Crippen LogP contribution in [0.2, 0.25) is 0 Å². The zero-order valence-electron chi connectivity index (χ0n) is 8.72. The van der Waals surface area contributed by atoms with E-state index in [0.29, 0.717) is 11.3 Å². The molecule has 1 aromatic carbocycles. The summed E-state index contributed by atoms with van der Waals surface area (Å²) in [7, 11) is 0. The second-order valence-corrected chi connectivity index (χ2v) is 3.69. The molecule has 0 radical (unpaired) electrons. The minimum absolute atomic E-state index is 0.443. The number of H-pyrrole nitrogens is 1. The van der Waals surface area contributed by atoms with Crippen LogP contribution in [0.25, 0.3) is 10.9 Å². The summed E-state index contributed by atoms with van der Waals surface area (Å²) < 4.78 is 0. The number of nitrogen functional groups attached to an aromatic ring is 1. The molecule has 0 unspecified atom stereocenters. The van der Waals surface area contributed by atoms with Crippen LogP contribution >= 0.6 is 0 Å². The molecule has 2 aromatic rings. The second-order valence-electron chi connectivity index (χ2n) is 3.69. The number of fused-ring (bicyclic) bond motifs is 1.